The van der Waals surface area contributed by atoms with Crippen LogP contribution in [0.2, 0.25) is 0 Å². The second-order valence-electron chi connectivity index (χ2n) is 6.56. The molecule has 0 bridgehead atoms. The number of aromatic nitrogens is 2. The van der Waals surface area contributed by atoms with E-state index in [1.165, 1.54) is 30.6 Å². The van der Waals surface area contributed by atoms with Crippen LogP contribution < -0.4 is 5.32 Å². The molecule has 22 heavy (non-hydrogen) atoms. The van der Waals surface area contributed by atoms with Crippen LogP contribution >= 0.6 is 0 Å². The number of likely N-dealkylation sites (tertiary alicyclic amines) is 1. The lowest BCUT2D eigenvalue weighted by molar-refractivity contribution is 0.144. The molecule has 1 aromatic carbocycles. The second kappa shape index (κ2) is 6.63. The summed E-state index contributed by atoms with van der Waals surface area (Å²) in [5.41, 5.74) is 2.88. The Hall–Kier alpha value is -1.65. The number of rotatable bonds is 6. The SMILES string of the molecule is Cn1nccc1CNC[C@]1(C)CCCN1Cc1ccccc1. The predicted molar refractivity (Wildman–Crippen MR) is 89.4 cm³/mol. The van der Waals surface area contributed by atoms with Crippen LogP contribution in [0.25, 0.3) is 0 Å². The van der Waals surface area contributed by atoms with Crippen molar-refractivity contribution in [3.05, 3.63) is 53.9 Å². The molecule has 1 fully saturated rings. The fourth-order valence-electron chi connectivity index (χ4n) is 3.39. The van der Waals surface area contributed by atoms with E-state index in [-0.39, 0.29) is 5.54 Å². The molecule has 4 heteroatoms. The lowest BCUT2D eigenvalue weighted by atomic mass is 9.98. The molecule has 0 aliphatic carbocycles. The normalized spacial score (nSPS) is 22.3. The predicted octanol–water partition coefficient (Wildman–Crippen LogP) is 2.56. The van der Waals surface area contributed by atoms with Gasteiger partial charge in [-0.1, -0.05) is 30.3 Å². The van der Waals surface area contributed by atoms with Crippen molar-refractivity contribution < 1.29 is 0 Å². The van der Waals surface area contributed by atoms with Crippen LogP contribution in [-0.2, 0) is 20.1 Å². The van der Waals surface area contributed by atoms with E-state index in [0.29, 0.717) is 0 Å². The zero-order valence-electron chi connectivity index (χ0n) is 13.6. The van der Waals surface area contributed by atoms with Gasteiger partial charge in [-0.3, -0.25) is 9.58 Å². The summed E-state index contributed by atoms with van der Waals surface area (Å²) in [6.45, 7) is 6.53. The van der Waals surface area contributed by atoms with Gasteiger partial charge in [0.1, 0.15) is 0 Å². The van der Waals surface area contributed by atoms with Crippen molar-refractivity contribution in [2.24, 2.45) is 7.05 Å². The van der Waals surface area contributed by atoms with Gasteiger partial charge in [-0.05, 0) is 37.9 Å². The maximum absolute atomic E-state index is 4.22. The van der Waals surface area contributed by atoms with E-state index < -0.39 is 0 Å². The average Bonchev–Trinajstić information content (AvgIpc) is 3.08. The van der Waals surface area contributed by atoms with Gasteiger partial charge in [-0.2, -0.15) is 5.10 Å². The maximum atomic E-state index is 4.22. The van der Waals surface area contributed by atoms with Crippen LogP contribution in [0.5, 0.6) is 0 Å². The number of benzene rings is 1. The van der Waals surface area contributed by atoms with Crippen molar-refractivity contribution in [2.75, 3.05) is 13.1 Å². The van der Waals surface area contributed by atoms with E-state index >= 15 is 0 Å². The number of hydrogen-bond acceptors (Lipinski definition) is 3. The molecule has 2 heterocycles. The zero-order valence-corrected chi connectivity index (χ0v) is 13.6. The van der Waals surface area contributed by atoms with E-state index in [1.807, 2.05) is 17.9 Å². The summed E-state index contributed by atoms with van der Waals surface area (Å²) in [7, 11) is 2.00. The Labute approximate surface area is 133 Å². The van der Waals surface area contributed by atoms with Crippen molar-refractivity contribution in [3.63, 3.8) is 0 Å². The van der Waals surface area contributed by atoms with Crippen molar-refractivity contribution >= 4 is 0 Å². The average molecular weight is 298 g/mol. The van der Waals surface area contributed by atoms with E-state index in [0.717, 1.165) is 19.6 Å². The largest absolute Gasteiger partial charge is 0.309 e. The highest BCUT2D eigenvalue weighted by Crippen LogP contribution is 2.30. The molecular formula is C18H26N4. The highest BCUT2D eigenvalue weighted by molar-refractivity contribution is 5.15. The summed E-state index contributed by atoms with van der Waals surface area (Å²) in [4.78, 5) is 2.62. The Balaban J connectivity index is 1.57. The minimum absolute atomic E-state index is 0.244. The third kappa shape index (κ3) is 3.39. The quantitative estimate of drug-likeness (QED) is 0.890. The van der Waals surface area contributed by atoms with Crippen molar-refractivity contribution in [1.82, 2.24) is 20.0 Å². The lowest BCUT2D eigenvalue weighted by Crippen LogP contribution is -2.48. The highest BCUT2D eigenvalue weighted by atomic mass is 15.3. The maximum Gasteiger partial charge on any atom is 0.0518 e. The minimum Gasteiger partial charge on any atom is -0.309 e. The summed E-state index contributed by atoms with van der Waals surface area (Å²) in [6.07, 6.45) is 4.41. The zero-order chi connectivity index (χ0) is 15.4. The molecule has 1 aromatic heterocycles. The summed E-state index contributed by atoms with van der Waals surface area (Å²) in [5.74, 6) is 0. The summed E-state index contributed by atoms with van der Waals surface area (Å²) < 4.78 is 1.94. The van der Waals surface area contributed by atoms with Crippen molar-refractivity contribution in [1.29, 1.82) is 0 Å². The van der Waals surface area contributed by atoms with Crippen LogP contribution in [0.1, 0.15) is 31.0 Å². The van der Waals surface area contributed by atoms with Gasteiger partial charge in [0.05, 0.1) is 5.69 Å². The van der Waals surface area contributed by atoms with Crippen LogP contribution in [0, 0.1) is 0 Å². The van der Waals surface area contributed by atoms with Gasteiger partial charge in [0.2, 0.25) is 0 Å². The molecule has 2 aromatic rings. The van der Waals surface area contributed by atoms with E-state index in [1.54, 1.807) is 0 Å². The van der Waals surface area contributed by atoms with Crippen LogP contribution in [0.3, 0.4) is 0 Å². The smallest absolute Gasteiger partial charge is 0.0518 e. The molecule has 1 atom stereocenters. The highest BCUT2D eigenvalue weighted by Gasteiger charge is 2.35. The van der Waals surface area contributed by atoms with Crippen LogP contribution in [0.15, 0.2) is 42.6 Å². The van der Waals surface area contributed by atoms with Gasteiger partial charge >= 0.3 is 0 Å². The fourth-order valence-corrected chi connectivity index (χ4v) is 3.39. The molecule has 0 amide bonds. The Kier molecular flexibility index (Phi) is 4.60. The lowest BCUT2D eigenvalue weighted by Gasteiger charge is -2.35. The van der Waals surface area contributed by atoms with Crippen LogP contribution in [0.4, 0.5) is 0 Å². The molecule has 1 N–H and O–H groups in total. The summed E-state index contributed by atoms with van der Waals surface area (Å²) >= 11 is 0. The van der Waals surface area contributed by atoms with Gasteiger partial charge in [-0.15, -0.1) is 0 Å². The number of nitrogens with one attached hydrogen (secondary N) is 1. The van der Waals surface area contributed by atoms with Gasteiger partial charge in [0.15, 0.2) is 0 Å². The third-order valence-corrected chi connectivity index (χ3v) is 4.86. The molecule has 3 rings (SSSR count). The first kappa shape index (κ1) is 15.3. The molecule has 0 saturated carbocycles. The van der Waals surface area contributed by atoms with Gasteiger partial charge in [-0.25, -0.2) is 0 Å². The molecule has 0 spiro atoms. The fraction of sp³-hybridized carbons (Fsp3) is 0.500. The number of nitrogens with zero attached hydrogens (tertiary/aromatic N) is 3. The first-order valence-corrected chi connectivity index (χ1v) is 8.14. The number of hydrogen-bond donors (Lipinski definition) is 1. The topological polar surface area (TPSA) is 33.1 Å². The van der Waals surface area contributed by atoms with Crippen molar-refractivity contribution in [2.45, 2.75) is 38.4 Å². The minimum atomic E-state index is 0.244. The van der Waals surface area contributed by atoms with Gasteiger partial charge in [0.25, 0.3) is 0 Å². The Bertz CT molecular complexity index is 592. The van der Waals surface area contributed by atoms with Gasteiger partial charge < -0.3 is 5.32 Å². The third-order valence-electron chi connectivity index (χ3n) is 4.86. The first-order chi connectivity index (χ1) is 10.7. The Morgan fingerprint density at radius 3 is 2.77 bits per heavy atom. The van der Waals surface area contributed by atoms with E-state index in [4.69, 9.17) is 0 Å². The van der Waals surface area contributed by atoms with Crippen LogP contribution in [-0.4, -0.2) is 33.3 Å². The molecule has 4 nitrogen and oxygen atoms in total. The van der Waals surface area contributed by atoms with Crippen molar-refractivity contribution in [3.8, 4) is 0 Å². The molecule has 1 saturated heterocycles. The second-order valence-corrected chi connectivity index (χ2v) is 6.56. The molecule has 118 valence electrons. The van der Waals surface area contributed by atoms with E-state index in [2.05, 4.69) is 58.6 Å². The molecule has 0 unspecified atom stereocenters. The number of aryl methyl sites for hydroxylation is 1. The monoisotopic (exact) mass is 298 g/mol. The molecule has 1 aliphatic rings. The molecular weight excluding hydrogens is 272 g/mol. The standard InChI is InChI=1S/C18H26N4/c1-18(15-19-13-17-9-11-20-21(17)2)10-6-12-22(18)14-16-7-4-3-5-8-16/h3-5,7-9,11,19H,6,10,12-15H2,1-2H3/t18-/m0/s1. The Morgan fingerprint density at radius 2 is 2.05 bits per heavy atom. The summed E-state index contributed by atoms with van der Waals surface area (Å²) in [5, 5.41) is 7.85. The first-order valence-electron chi connectivity index (χ1n) is 8.14. The molecule has 1 aliphatic heterocycles. The van der Waals surface area contributed by atoms with E-state index in [9.17, 15) is 0 Å². The Morgan fingerprint density at radius 1 is 1.23 bits per heavy atom. The van der Waals surface area contributed by atoms with Gasteiger partial charge in [0, 0.05) is 38.4 Å². The summed E-state index contributed by atoms with van der Waals surface area (Å²) in [6, 6.07) is 12.9. The molecule has 0 radical (unpaired) electrons.